The maximum absolute atomic E-state index is 12.7. The maximum Gasteiger partial charge on any atom is 0.268 e. The van der Waals surface area contributed by atoms with E-state index in [2.05, 4.69) is 34.6 Å². The van der Waals surface area contributed by atoms with Gasteiger partial charge in [0.25, 0.3) is 5.91 Å². The van der Waals surface area contributed by atoms with Crippen LogP contribution in [0.25, 0.3) is 28.5 Å². The van der Waals surface area contributed by atoms with Crippen LogP contribution < -0.4 is 10.1 Å². The second-order valence-electron chi connectivity index (χ2n) is 7.49. The Morgan fingerprint density at radius 2 is 1.68 bits per heavy atom. The maximum atomic E-state index is 12.7. The molecule has 0 aliphatic rings. The number of rotatable bonds is 8. The molecule has 5 nitrogen and oxygen atoms in total. The molecule has 1 heterocycles. The number of thiazole rings is 1. The number of carbonyl (C=O) groups excluding carboxylic acids is 1. The van der Waals surface area contributed by atoms with E-state index in [9.17, 15) is 10.1 Å². The Bertz CT molecular complexity index is 1340. The number of para-hydroxylation sites is 1. The van der Waals surface area contributed by atoms with E-state index in [4.69, 9.17) is 4.74 Å². The fourth-order valence-electron chi connectivity index (χ4n) is 3.34. The first-order valence-corrected chi connectivity index (χ1v) is 11.8. The topological polar surface area (TPSA) is 75.0 Å². The van der Waals surface area contributed by atoms with Crippen molar-refractivity contribution in [3.05, 3.63) is 95.4 Å². The predicted molar refractivity (Wildman–Crippen MR) is 137 cm³/mol. The van der Waals surface area contributed by atoms with E-state index in [-0.39, 0.29) is 5.57 Å². The molecule has 0 aliphatic heterocycles. The summed E-state index contributed by atoms with van der Waals surface area (Å²) in [6, 6.07) is 27.6. The third-order valence-corrected chi connectivity index (χ3v) is 5.82. The van der Waals surface area contributed by atoms with E-state index >= 15 is 0 Å². The Morgan fingerprint density at radius 1 is 1.00 bits per heavy atom. The van der Waals surface area contributed by atoms with E-state index in [0.29, 0.717) is 23.1 Å². The molecule has 1 aromatic heterocycles. The number of benzene rings is 3. The predicted octanol–water partition coefficient (Wildman–Crippen LogP) is 6.81. The van der Waals surface area contributed by atoms with E-state index in [1.54, 1.807) is 0 Å². The highest BCUT2D eigenvalue weighted by atomic mass is 32.1. The van der Waals surface area contributed by atoms with Crippen LogP contribution in [0.2, 0.25) is 0 Å². The average molecular weight is 466 g/mol. The van der Waals surface area contributed by atoms with Gasteiger partial charge in [0.1, 0.15) is 17.4 Å². The second kappa shape index (κ2) is 11.1. The van der Waals surface area contributed by atoms with E-state index in [0.717, 1.165) is 28.8 Å². The minimum Gasteiger partial charge on any atom is -0.493 e. The van der Waals surface area contributed by atoms with Crippen LogP contribution in [0.3, 0.4) is 0 Å². The first-order valence-electron chi connectivity index (χ1n) is 10.9. The SMILES string of the molecule is CCCOc1ccccc1/C=C(\C#N)C(=O)Nc1nc(-c2ccc(-c3ccccc3)cc2)cs1. The van der Waals surface area contributed by atoms with Crippen molar-refractivity contribution in [2.45, 2.75) is 13.3 Å². The van der Waals surface area contributed by atoms with Crippen LogP contribution in [-0.2, 0) is 4.79 Å². The molecule has 6 heteroatoms. The molecule has 1 N–H and O–H groups in total. The lowest BCUT2D eigenvalue weighted by atomic mass is 10.0. The zero-order valence-electron chi connectivity index (χ0n) is 18.7. The number of carbonyl (C=O) groups is 1. The number of hydrogen-bond donors (Lipinski definition) is 1. The molecule has 0 bridgehead atoms. The molecule has 4 rings (SSSR count). The van der Waals surface area contributed by atoms with Gasteiger partial charge < -0.3 is 4.74 Å². The van der Waals surface area contributed by atoms with Crippen LogP contribution in [-0.4, -0.2) is 17.5 Å². The molecule has 0 unspecified atom stereocenters. The molecule has 0 fully saturated rings. The zero-order chi connectivity index (χ0) is 23.8. The molecule has 34 heavy (non-hydrogen) atoms. The number of anilines is 1. The van der Waals surface area contributed by atoms with Gasteiger partial charge >= 0.3 is 0 Å². The summed E-state index contributed by atoms with van der Waals surface area (Å²) in [6.07, 6.45) is 2.40. The standard InChI is InChI=1S/C28H23N3O2S/c1-2-16-33-26-11-7-6-10-23(26)17-24(18-29)27(32)31-28-30-25(19-34-28)22-14-12-21(13-15-22)20-8-4-3-5-9-20/h3-15,17,19H,2,16H2,1H3,(H,30,31,32)/b24-17+. The van der Waals surface area contributed by atoms with Gasteiger partial charge in [0.15, 0.2) is 5.13 Å². The number of aromatic nitrogens is 1. The average Bonchev–Trinajstić information content (AvgIpc) is 3.35. The van der Waals surface area contributed by atoms with Crippen molar-refractivity contribution < 1.29 is 9.53 Å². The van der Waals surface area contributed by atoms with Crippen molar-refractivity contribution in [1.29, 1.82) is 5.26 Å². The number of amides is 1. The highest BCUT2D eigenvalue weighted by Gasteiger charge is 2.14. The molecule has 0 atom stereocenters. The van der Waals surface area contributed by atoms with Crippen LogP contribution in [0.15, 0.2) is 89.8 Å². The molecular weight excluding hydrogens is 442 g/mol. The van der Waals surface area contributed by atoms with Gasteiger partial charge in [0, 0.05) is 16.5 Å². The molecule has 0 radical (unpaired) electrons. The van der Waals surface area contributed by atoms with Crippen molar-refractivity contribution in [2.75, 3.05) is 11.9 Å². The second-order valence-corrected chi connectivity index (χ2v) is 8.35. The van der Waals surface area contributed by atoms with Crippen molar-refractivity contribution in [1.82, 2.24) is 4.98 Å². The van der Waals surface area contributed by atoms with Crippen LogP contribution in [0.1, 0.15) is 18.9 Å². The summed E-state index contributed by atoms with van der Waals surface area (Å²) in [7, 11) is 0. The molecule has 1 amide bonds. The quantitative estimate of drug-likeness (QED) is 0.229. The van der Waals surface area contributed by atoms with Gasteiger partial charge in [-0.25, -0.2) is 4.98 Å². The van der Waals surface area contributed by atoms with Gasteiger partial charge in [-0.2, -0.15) is 5.26 Å². The first kappa shape index (κ1) is 23.0. The number of ether oxygens (including phenoxy) is 1. The normalized spacial score (nSPS) is 11.0. The van der Waals surface area contributed by atoms with Crippen molar-refractivity contribution in [2.24, 2.45) is 0 Å². The molecule has 168 valence electrons. The van der Waals surface area contributed by atoms with Gasteiger partial charge in [-0.05, 0) is 29.7 Å². The zero-order valence-corrected chi connectivity index (χ0v) is 19.5. The number of nitrogens with zero attached hydrogens (tertiary/aromatic N) is 2. The van der Waals surface area contributed by atoms with E-state index in [1.165, 1.54) is 17.4 Å². The lowest BCUT2D eigenvalue weighted by molar-refractivity contribution is -0.112. The molecule has 3 aromatic carbocycles. The van der Waals surface area contributed by atoms with Crippen molar-refractivity contribution in [3.8, 4) is 34.2 Å². The summed E-state index contributed by atoms with van der Waals surface area (Å²) in [6.45, 7) is 2.58. The minimum atomic E-state index is -0.506. The van der Waals surface area contributed by atoms with Gasteiger partial charge in [-0.1, -0.05) is 79.7 Å². The van der Waals surface area contributed by atoms with Crippen molar-refractivity contribution >= 4 is 28.5 Å². The summed E-state index contributed by atoms with van der Waals surface area (Å²) in [5, 5.41) is 14.6. The largest absolute Gasteiger partial charge is 0.493 e. The third-order valence-electron chi connectivity index (χ3n) is 5.06. The molecule has 4 aromatic rings. The Labute approximate surface area is 203 Å². The fourth-order valence-corrected chi connectivity index (χ4v) is 4.05. The summed E-state index contributed by atoms with van der Waals surface area (Å²) < 4.78 is 5.72. The van der Waals surface area contributed by atoms with Gasteiger partial charge in [-0.15, -0.1) is 11.3 Å². The lowest BCUT2D eigenvalue weighted by Crippen LogP contribution is -2.13. The Morgan fingerprint density at radius 3 is 2.41 bits per heavy atom. The van der Waals surface area contributed by atoms with Crippen LogP contribution in [0.5, 0.6) is 5.75 Å². The Balaban J connectivity index is 1.48. The van der Waals surface area contributed by atoms with Crippen LogP contribution in [0, 0.1) is 11.3 Å². The molecule has 0 spiro atoms. The monoisotopic (exact) mass is 465 g/mol. The first-order chi connectivity index (χ1) is 16.7. The number of nitriles is 1. The number of hydrogen-bond acceptors (Lipinski definition) is 5. The Hall–Kier alpha value is -4.21. The van der Waals surface area contributed by atoms with E-state index in [1.807, 2.05) is 73.0 Å². The van der Waals surface area contributed by atoms with E-state index < -0.39 is 5.91 Å². The molecular formula is C28H23N3O2S. The van der Waals surface area contributed by atoms with Gasteiger partial charge in [0.05, 0.1) is 12.3 Å². The highest BCUT2D eigenvalue weighted by Crippen LogP contribution is 2.28. The molecule has 0 aliphatic carbocycles. The van der Waals surface area contributed by atoms with Gasteiger partial charge in [-0.3, -0.25) is 10.1 Å². The summed E-state index contributed by atoms with van der Waals surface area (Å²) in [4.78, 5) is 17.3. The summed E-state index contributed by atoms with van der Waals surface area (Å²) in [5.74, 6) is 0.133. The summed E-state index contributed by atoms with van der Waals surface area (Å²) in [5.41, 5.74) is 4.66. The van der Waals surface area contributed by atoms with Crippen LogP contribution >= 0.6 is 11.3 Å². The summed E-state index contributed by atoms with van der Waals surface area (Å²) >= 11 is 1.32. The smallest absolute Gasteiger partial charge is 0.268 e. The third kappa shape index (κ3) is 5.58. The highest BCUT2D eigenvalue weighted by molar-refractivity contribution is 7.14. The van der Waals surface area contributed by atoms with Crippen LogP contribution in [0.4, 0.5) is 5.13 Å². The number of nitrogens with one attached hydrogen (secondary N) is 1. The van der Waals surface area contributed by atoms with Gasteiger partial charge in [0.2, 0.25) is 0 Å². The van der Waals surface area contributed by atoms with Crippen molar-refractivity contribution in [3.63, 3.8) is 0 Å². The molecule has 0 saturated heterocycles. The Kier molecular flexibility index (Phi) is 7.49. The molecule has 0 saturated carbocycles. The fraction of sp³-hybridized carbons (Fsp3) is 0.107. The lowest BCUT2D eigenvalue weighted by Gasteiger charge is -2.08. The minimum absolute atomic E-state index is 0.0171.